The highest BCUT2D eigenvalue weighted by atomic mass is 32.2. The van der Waals surface area contributed by atoms with Crippen molar-refractivity contribution in [1.82, 2.24) is 5.32 Å². The number of carbonyl (C=O) groups excluding carboxylic acids is 2. The van der Waals surface area contributed by atoms with E-state index in [4.69, 9.17) is 14.2 Å². The van der Waals surface area contributed by atoms with Gasteiger partial charge in [-0.3, -0.25) is 9.59 Å². The standard InChI is InChI=1S/C21H29NO11S/c1-9(25)22-13-15(27)18(33-20-17(29)16(28)14(26)11(7-23)31-20)12(8-24)32-21(13)34-19(30)10-5-3-2-4-6-10/h2-6,11-18,20-21,23-24,26-29H,7-8H2,1H3,(H,22,25)/t11-,12-,13-,14+,15-,16+,17-,18-,20+,21+/m1/s1. The smallest absolute Gasteiger partial charge is 0.221 e. The molecule has 12 nitrogen and oxygen atoms in total. The molecule has 0 aromatic heterocycles. The first kappa shape index (κ1) is 26.9. The van der Waals surface area contributed by atoms with E-state index in [0.717, 1.165) is 0 Å². The highest BCUT2D eigenvalue weighted by Crippen LogP contribution is 2.34. The van der Waals surface area contributed by atoms with E-state index in [0.29, 0.717) is 17.3 Å². The fourth-order valence-electron chi connectivity index (χ4n) is 3.81. The largest absolute Gasteiger partial charge is 0.394 e. The molecule has 0 bridgehead atoms. The summed E-state index contributed by atoms with van der Waals surface area (Å²) in [6.07, 6.45) is -12.1. The molecule has 2 heterocycles. The molecule has 0 saturated carbocycles. The Morgan fingerprint density at radius 2 is 1.59 bits per heavy atom. The van der Waals surface area contributed by atoms with Crippen molar-refractivity contribution in [3.8, 4) is 0 Å². The van der Waals surface area contributed by atoms with Crippen LogP contribution in [0.1, 0.15) is 17.3 Å². The molecule has 2 aliphatic rings. The van der Waals surface area contributed by atoms with Crippen molar-refractivity contribution in [1.29, 1.82) is 0 Å². The van der Waals surface area contributed by atoms with Gasteiger partial charge in [0.1, 0.15) is 48.2 Å². The molecule has 1 amide bonds. The lowest BCUT2D eigenvalue weighted by Crippen LogP contribution is -2.66. The summed E-state index contributed by atoms with van der Waals surface area (Å²) < 4.78 is 16.7. The highest BCUT2D eigenvalue weighted by Gasteiger charge is 2.51. The third-order valence-corrected chi connectivity index (χ3v) is 6.68. The summed E-state index contributed by atoms with van der Waals surface area (Å²) in [5.74, 6) is -0.528. The number of hydrogen-bond donors (Lipinski definition) is 7. The van der Waals surface area contributed by atoms with Crippen molar-refractivity contribution in [2.24, 2.45) is 0 Å². The zero-order chi connectivity index (χ0) is 25.0. The molecule has 34 heavy (non-hydrogen) atoms. The fraction of sp³-hybridized carbons (Fsp3) is 0.619. The predicted octanol–water partition coefficient (Wildman–Crippen LogP) is -2.67. The Morgan fingerprint density at radius 1 is 0.941 bits per heavy atom. The maximum atomic E-state index is 12.7. The zero-order valence-electron chi connectivity index (χ0n) is 18.2. The number of hydrogen-bond acceptors (Lipinski definition) is 12. The first-order valence-corrected chi connectivity index (χ1v) is 11.5. The van der Waals surface area contributed by atoms with Gasteiger partial charge in [-0.2, -0.15) is 0 Å². The first-order chi connectivity index (χ1) is 16.2. The third-order valence-electron chi connectivity index (χ3n) is 5.60. The second-order valence-electron chi connectivity index (χ2n) is 8.01. The Morgan fingerprint density at radius 3 is 2.18 bits per heavy atom. The van der Waals surface area contributed by atoms with E-state index in [1.165, 1.54) is 6.92 Å². The molecule has 3 rings (SSSR count). The molecule has 190 valence electrons. The van der Waals surface area contributed by atoms with Gasteiger partial charge in [-0.1, -0.05) is 30.3 Å². The Labute approximate surface area is 199 Å². The van der Waals surface area contributed by atoms with Crippen LogP contribution >= 0.6 is 11.8 Å². The van der Waals surface area contributed by atoms with Gasteiger partial charge in [0, 0.05) is 12.5 Å². The van der Waals surface area contributed by atoms with E-state index in [-0.39, 0.29) is 0 Å². The molecule has 1 aromatic rings. The Balaban J connectivity index is 1.80. The molecule has 0 spiro atoms. The summed E-state index contributed by atoms with van der Waals surface area (Å²) in [5.41, 5.74) is -0.731. The Kier molecular flexibility index (Phi) is 9.40. The van der Waals surface area contributed by atoms with Crippen molar-refractivity contribution in [3.63, 3.8) is 0 Å². The number of aliphatic hydroxyl groups excluding tert-OH is 6. The van der Waals surface area contributed by atoms with Gasteiger partial charge >= 0.3 is 0 Å². The molecule has 0 aliphatic carbocycles. The average Bonchev–Trinajstić information content (AvgIpc) is 2.83. The van der Waals surface area contributed by atoms with Crippen molar-refractivity contribution < 1.29 is 54.4 Å². The van der Waals surface area contributed by atoms with E-state index in [9.17, 15) is 40.2 Å². The zero-order valence-corrected chi connectivity index (χ0v) is 19.0. The maximum absolute atomic E-state index is 12.7. The average molecular weight is 504 g/mol. The predicted molar refractivity (Wildman–Crippen MR) is 116 cm³/mol. The molecule has 1 aromatic carbocycles. The summed E-state index contributed by atoms with van der Waals surface area (Å²) in [6, 6.07) is 7.12. The SMILES string of the molecule is CC(=O)N[C@@H]1[C@@H](O)[C@H](O[C@@H]2O[C@H](CO)[C@H](O)[C@H](O)[C@H]2O)[C@@H](CO)O[C@H]1SC(=O)c1ccccc1. The lowest BCUT2D eigenvalue weighted by Gasteiger charge is -2.47. The highest BCUT2D eigenvalue weighted by molar-refractivity contribution is 8.14. The van der Waals surface area contributed by atoms with Crippen LogP contribution in [0, 0.1) is 0 Å². The number of benzene rings is 1. The van der Waals surface area contributed by atoms with Crippen LogP contribution in [0.3, 0.4) is 0 Å². The number of ether oxygens (including phenoxy) is 3. The lowest BCUT2D eigenvalue weighted by molar-refractivity contribution is -0.333. The maximum Gasteiger partial charge on any atom is 0.221 e. The molecule has 2 aliphatic heterocycles. The van der Waals surface area contributed by atoms with Gasteiger partial charge in [0.25, 0.3) is 0 Å². The van der Waals surface area contributed by atoms with Crippen LogP contribution in [0.5, 0.6) is 0 Å². The van der Waals surface area contributed by atoms with E-state index < -0.39 is 84.7 Å². The van der Waals surface area contributed by atoms with Gasteiger partial charge < -0.3 is 50.2 Å². The first-order valence-electron chi connectivity index (χ1n) is 10.6. The van der Waals surface area contributed by atoms with E-state index in [1.807, 2.05) is 0 Å². The Hall–Kier alpha value is -1.65. The number of amides is 1. The van der Waals surface area contributed by atoms with Crippen molar-refractivity contribution >= 4 is 22.8 Å². The summed E-state index contributed by atoms with van der Waals surface area (Å²) in [5, 5.41) is 62.6. The van der Waals surface area contributed by atoms with Crippen molar-refractivity contribution in [2.45, 2.75) is 67.4 Å². The second kappa shape index (κ2) is 11.9. The molecular formula is C21H29NO11S. The van der Waals surface area contributed by atoms with Gasteiger partial charge in [0.15, 0.2) is 6.29 Å². The fourth-order valence-corrected chi connectivity index (χ4v) is 4.86. The molecule has 0 radical (unpaired) electrons. The van der Waals surface area contributed by atoms with Gasteiger partial charge in [-0.05, 0) is 11.8 Å². The van der Waals surface area contributed by atoms with Gasteiger partial charge in [0.05, 0.1) is 19.3 Å². The molecular weight excluding hydrogens is 474 g/mol. The van der Waals surface area contributed by atoms with Gasteiger partial charge in [-0.15, -0.1) is 0 Å². The summed E-state index contributed by atoms with van der Waals surface area (Å²) >= 11 is 0.711. The second-order valence-corrected chi connectivity index (χ2v) is 9.08. The number of carbonyl (C=O) groups is 2. The quantitative estimate of drug-likeness (QED) is 0.204. The molecule has 7 N–H and O–H groups in total. The molecule has 2 fully saturated rings. The van der Waals surface area contributed by atoms with Gasteiger partial charge in [-0.25, -0.2) is 0 Å². The molecule has 13 heteroatoms. The minimum Gasteiger partial charge on any atom is -0.394 e. The summed E-state index contributed by atoms with van der Waals surface area (Å²) in [7, 11) is 0. The van der Waals surface area contributed by atoms with Crippen LogP contribution in [-0.4, -0.2) is 115 Å². The van der Waals surface area contributed by atoms with E-state index in [1.54, 1.807) is 30.3 Å². The van der Waals surface area contributed by atoms with Crippen LogP contribution in [0.2, 0.25) is 0 Å². The number of aliphatic hydroxyl groups is 6. The topological polar surface area (TPSA) is 195 Å². The molecule has 10 atom stereocenters. The van der Waals surface area contributed by atoms with E-state index in [2.05, 4.69) is 5.32 Å². The number of rotatable bonds is 7. The van der Waals surface area contributed by atoms with Crippen LogP contribution in [-0.2, 0) is 19.0 Å². The van der Waals surface area contributed by atoms with Crippen LogP contribution in [0.4, 0.5) is 0 Å². The van der Waals surface area contributed by atoms with Crippen LogP contribution in [0.25, 0.3) is 0 Å². The van der Waals surface area contributed by atoms with Crippen LogP contribution < -0.4 is 5.32 Å². The normalized spacial score (nSPS) is 38.3. The van der Waals surface area contributed by atoms with Crippen LogP contribution in [0.15, 0.2) is 30.3 Å². The van der Waals surface area contributed by atoms with Gasteiger partial charge in [0.2, 0.25) is 11.0 Å². The molecule has 0 unspecified atom stereocenters. The number of nitrogens with one attached hydrogen (secondary N) is 1. The van der Waals surface area contributed by atoms with Crippen molar-refractivity contribution in [3.05, 3.63) is 35.9 Å². The van der Waals surface area contributed by atoms with E-state index >= 15 is 0 Å². The number of thioether (sulfide) groups is 1. The molecule has 2 saturated heterocycles. The summed E-state index contributed by atoms with van der Waals surface area (Å²) in [6.45, 7) is -0.144. The monoisotopic (exact) mass is 503 g/mol. The minimum atomic E-state index is -1.75. The lowest BCUT2D eigenvalue weighted by atomic mass is 9.96. The Bertz CT molecular complexity index is 828. The summed E-state index contributed by atoms with van der Waals surface area (Å²) in [4.78, 5) is 24.5. The van der Waals surface area contributed by atoms with Crippen molar-refractivity contribution in [2.75, 3.05) is 13.2 Å². The third kappa shape index (κ3) is 5.94. The minimum absolute atomic E-state index is 0.368.